The van der Waals surface area contributed by atoms with Crippen molar-refractivity contribution in [3.05, 3.63) is 54.1 Å². The minimum absolute atomic E-state index is 0.0207. The molecule has 33 heavy (non-hydrogen) atoms. The predicted molar refractivity (Wildman–Crippen MR) is 129 cm³/mol. The highest BCUT2D eigenvalue weighted by molar-refractivity contribution is 7.92. The van der Waals surface area contributed by atoms with Crippen molar-refractivity contribution in [1.29, 1.82) is 0 Å². The van der Waals surface area contributed by atoms with E-state index in [0.717, 1.165) is 38.6 Å². The Labute approximate surface area is 195 Å². The number of rotatable bonds is 8. The van der Waals surface area contributed by atoms with Gasteiger partial charge in [0.15, 0.2) is 6.10 Å². The molecule has 1 atom stereocenters. The zero-order valence-electron chi connectivity index (χ0n) is 19.3. The zero-order chi connectivity index (χ0) is 24.0. The highest BCUT2D eigenvalue weighted by atomic mass is 32.2. The van der Waals surface area contributed by atoms with Crippen LogP contribution in [0.1, 0.15) is 43.0 Å². The number of nitrogens with one attached hydrogen (secondary N) is 1. The fourth-order valence-corrected chi connectivity index (χ4v) is 4.12. The van der Waals surface area contributed by atoms with Crippen molar-refractivity contribution in [2.45, 2.75) is 38.7 Å². The molecule has 1 aliphatic heterocycles. The van der Waals surface area contributed by atoms with Crippen LogP contribution in [0, 0.1) is 0 Å². The minimum Gasteiger partial charge on any atom is -0.481 e. The van der Waals surface area contributed by atoms with Gasteiger partial charge >= 0.3 is 0 Å². The average molecular weight is 474 g/mol. The summed E-state index contributed by atoms with van der Waals surface area (Å²) in [7, 11) is -1.88. The van der Waals surface area contributed by atoms with Crippen LogP contribution in [0.15, 0.2) is 48.5 Å². The number of ether oxygens (including phenoxy) is 1. The molecule has 0 aliphatic carbocycles. The zero-order valence-corrected chi connectivity index (χ0v) is 20.1. The monoisotopic (exact) mass is 473 g/mol. The smallest absolute Gasteiger partial charge is 0.265 e. The number of hydrogen-bond acceptors (Lipinski definition) is 5. The van der Waals surface area contributed by atoms with Crippen molar-refractivity contribution in [3.63, 3.8) is 0 Å². The summed E-state index contributed by atoms with van der Waals surface area (Å²) in [6.45, 7) is 3.42. The highest BCUT2D eigenvalue weighted by Crippen LogP contribution is 2.22. The lowest BCUT2D eigenvalue weighted by molar-refractivity contribution is -0.122. The fourth-order valence-electron chi connectivity index (χ4n) is 3.61. The average Bonchev–Trinajstić information content (AvgIpc) is 2.82. The van der Waals surface area contributed by atoms with E-state index in [9.17, 15) is 18.0 Å². The Balaban J connectivity index is 1.59. The summed E-state index contributed by atoms with van der Waals surface area (Å²) in [6.07, 6.45) is 4.09. The van der Waals surface area contributed by atoms with Gasteiger partial charge in [0.25, 0.3) is 11.8 Å². The molecule has 2 aromatic carbocycles. The number of carbonyl (C=O) groups is 2. The number of anilines is 2. The predicted octanol–water partition coefficient (Wildman–Crippen LogP) is 3.50. The van der Waals surface area contributed by atoms with Gasteiger partial charge in [0.1, 0.15) is 5.75 Å². The summed E-state index contributed by atoms with van der Waals surface area (Å²) in [5, 5.41) is 2.83. The van der Waals surface area contributed by atoms with Crippen LogP contribution in [-0.2, 0) is 14.8 Å². The van der Waals surface area contributed by atoms with Gasteiger partial charge < -0.3 is 15.0 Å². The van der Waals surface area contributed by atoms with Gasteiger partial charge in [0.05, 0.1) is 11.9 Å². The van der Waals surface area contributed by atoms with Gasteiger partial charge in [-0.2, -0.15) is 0 Å². The van der Waals surface area contributed by atoms with Crippen molar-refractivity contribution in [2.75, 3.05) is 36.0 Å². The second-order valence-electron chi connectivity index (χ2n) is 8.16. The molecule has 1 saturated heterocycles. The van der Waals surface area contributed by atoms with E-state index in [1.807, 2.05) is 11.8 Å². The molecule has 0 saturated carbocycles. The molecule has 9 heteroatoms. The van der Waals surface area contributed by atoms with Crippen molar-refractivity contribution < 1.29 is 22.7 Å². The van der Waals surface area contributed by atoms with Gasteiger partial charge in [-0.1, -0.05) is 6.92 Å². The van der Waals surface area contributed by atoms with E-state index in [4.69, 9.17) is 4.74 Å². The third-order valence-corrected chi connectivity index (χ3v) is 6.89. The second-order valence-corrected chi connectivity index (χ2v) is 10.2. The first-order valence-corrected chi connectivity index (χ1v) is 12.9. The lowest BCUT2D eigenvalue weighted by atomic mass is 10.1. The molecule has 8 nitrogen and oxygen atoms in total. The molecule has 178 valence electrons. The largest absolute Gasteiger partial charge is 0.481 e. The Bertz CT molecular complexity index is 1060. The number of sulfonamides is 1. The molecule has 0 radical (unpaired) electrons. The number of hydrogen-bond donors (Lipinski definition) is 1. The summed E-state index contributed by atoms with van der Waals surface area (Å²) in [5.41, 5.74) is 1.70. The van der Waals surface area contributed by atoms with Crippen molar-refractivity contribution >= 4 is 33.2 Å². The number of likely N-dealkylation sites (tertiary alicyclic amines) is 1. The SMILES string of the molecule is CC[C@@H](Oc1ccc(N(C)S(C)(=O)=O)cc1)C(=O)Nc1ccc(C(=O)N2CCCCC2)cc1. The fraction of sp³-hybridized carbons (Fsp3) is 0.417. The topological polar surface area (TPSA) is 96.0 Å². The Hall–Kier alpha value is -3.07. The molecule has 2 aromatic rings. The van der Waals surface area contributed by atoms with Crippen LogP contribution < -0.4 is 14.4 Å². The molecular weight excluding hydrogens is 442 g/mol. The summed E-state index contributed by atoms with van der Waals surface area (Å²) >= 11 is 0. The van der Waals surface area contributed by atoms with Gasteiger partial charge in [0.2, 0.25) is 10.0 Å². The van der Waals surface area contributed by atoms with E-state index in [1.54, 1.807) is 48.5 Å². The highest BCUT2D eigenvalue weighted by Gasteiger charge is 2.21. The second kappa shape index (κ2) is 10.7. The van der Waals surface area contributed by atoms with Crippen LogP contribution in [-0.4, -0.2) is 57.6 Å². The van der Waals surface area contributed by atoms with E-state index in [-0.39, 0.29) is 11.8 Å². The standard InChI is InChI=1S/C24H31N3O5S/c1-4-22(32-21-14-12-20(13-15-21)26(2)33(3,30)31)23(28)25-19-10-8-18(9-11-19)24(29)27-16-6-5-7-17-27/h8-15,22H,4-7,16-17H2,1-3H3,(H,25,28)/t22-/m1/s1. The molecule has 2 amide bonds. The van der Waals surface area contributed by atoms with E-state index < -0.39 is 16.1 Å². The molecular formula is C24H31N3O5S. The van der Waals surface area contributed by atoms with E-state index in [1.165, 1.54) is 11.4 Å². The van der Waals surface area contributed by atoms with Crippen LogP contribution in [0.3, 0.4) is 0 Å². The van der Waals surface area contributed by atoms with E-state index in [2.05, 4.69) is 5.32 Å². The Morgan fingerprint density at radius 2 is 1.64 bits per heavy atom. The first kappa shape index (κ1) is 24.6. The molecule has 0 aromatic heterocycles. The number of amides is 2. The lowest BCUT2D eigenvalue weighted by Gasteiger charge is -2.26. The number of benzene rings is 2. The van der Waals surface area contributed by atoms with Crippen LogP contribution >= 0.6 is 0 Å². The Morgan fingerprint density at radius 1 is 1.03 bits per heavy atom. The molecule has 1 fully saturated rings. The normalized spacial score (nSPS) is 14.9. The van der Waals surface area contributed by atoms with Gasteiger partial charge in [0, 0.05) is 31.4 Å². The molecule has 0 bridgehead atoms. The maximum absolute atomic E-state index is 12.7. The summed E-state index contributed by atoms with van der Waals surface area (Å²) in [5.74, 6) is 0.183. The maximum atomic E-state index is 12.7. The molecule has 1 heterocycles. The van der Waals surface area contributed by atoms with Gasteiger partial charge in [-0.05, 0) is 74.2 Å². The lowest BCUT2D eigenvalue weighted by Crippen LogP contribution is -2.35. The summed E-state index contributed by atoms with van der Waals surface area (Å²) in [4.78, 5) is 27.2. The van der Waals surface area contributed by atoms with E-state index >= 15 is 0 Å². The first-order chi connectivity index (χ1) is 15.7. The van der Waals surface area contributed by atoms with Gasteiger partial charge in [-0.15, -0.1) is 0 Å². The minimum atomic E-state index is -3.35. The van der Waals surface area contributed by atoms with Crippen molar-refractivity contribution in [1.82, 2.24) is 4.90 Å². The third-order valence-electron chi connectivity index (χ3n) is 5.68. The Kier molecular flexibility index (Phi) is 7.97. The Morgan fingerprint density at radius 3 is 2.18 bits per heavy atom. The third kappa shape index (κ3) is 6.47. The van der Waals surface area contributed by atoms with Crippen LogP contribution in [0.5, 0.6) is 5.75 Å². The van der Waals surface area contributed by atoms with Gasteiger partial charge in [-0.3, -0.25) is 13.9 Å². The molecule has 0 unspecified atom stereocenters. The first-order valence-electron chi connectivity index (χ1n) is 11.1. The van der Waals surface area contributed by atoms with Crippen LogP contribution in [0.4, 0.5) is 11.4 Å². The van der Waals surface area contributed by atoms with Crippen LogP contribution in [0.25, 0.3) is 0 Å². The van der Waals surface area contributed by atoms with E-state index in [0.29, 0.717) is 29.1 Å². The van der Waals surface area contributed by atoms with Crippen molar-refractivity contribution in [2.24, 2.45) is 0 Å². The number of carbonyl (C=O) groups excluding carboxylic acids is 2. The summed E-state index contributed by atoms with van der Waals surface area (Å²) in [6, 6.07) is 13.4. The molecule has 1 N–H and O–H groups in total. The number of nitrogens with zero attached hydrogens (tertiary/aromatic N) is 2. The number of piperidine rings is 1. The van der Waals surface area contributed by atoms with Crippen molar-refractivity contribution in [3.8, 4) is 5.75 Å². The summed E-state index contributed by atoms with van der Waals surface area (Å²) < 4.78 is 30.3. The van der Waals surface area contributed by atoms with Gasteiger partial charge in [-0.25, -0.2) is 8.42 Å². The maximum Gasteiger partial charge on any atom is 0.265 e. The molecule has 1 aliphatic rings. The molecule has 0 spiro atoms. The quantitative estimate of drug-likeness (QED) is 0.633. The van der Waals surface area contributed by atoms with Crippen LogP contribution in [0.2, 0.25) is 0 Å². The molecule has 3 rings (SSSR count).